The van der Waals surface area contributed by atoms with E-state index in [4.69, 9.17) is 56.8 Å². The Bertz CT molecular complexity index is 6580. The van der Waals surface area contributed by atoms with Crippen LogP contribution in [-0.4, -0.2) is 62.6 Å². The number of hydrogen-bond donors (Lipinski definition) is 3. The fourth-order valence-electron chi connectivity index (χ4n) is 12.7. The molecule has 18 rings (SSSR count). The van der Waals surface area contributed by atoms with Crippen molar-refractivity contribution in [3.05, 3.63) is 288 Å². The maximum atomic E-state index is 10.0. The van der Waals surface area contributed by atoms with Gasteiger partial charge in [0.25, 0.3) is 0 Å². The molecule has 12 aromatic heterocycles. The number of aliphatic hydroxyl groups excluding tert-OH is 3. The van der Waals surface area contributed by atoms with Gasteiger partial charge in [-0.05, 0) is 166 Å². The zero-order chi connectivity index (χ0) is 78.3. The Morgan fingerprint density at radius 2 is 0.649 bits per heavy atom. The Hall–Kier alpha value is -12.2. The molecule has 3 N–H and O–H groups in total. The Morgan fingerprint density at radius 3 is 0.974 bits per heavy atom. The van der Waals surface area contributed by atoms with Crippen LogP contribution in [0.25, 0.3) is 167 Å². The molecule has 579 valence electrons. The zero-order valence-electron chi connectivity index (χ0n) is 64.0. The summed E-state index contributed by atoms with van der Waals surface area (Å²) in [5.74, 6) is 2.25. The van der Waals surface area contributed by atoms with Crippen LogP contribution in [-0.2, 0) is 74.7 Å². The van der Waals surface area contributed by atoms with Crippen LogP contribution in [0.15, 0.2) is 262 Å². The van der Waals surface area contributed by atoms with Crippen molar-refractivity contribution in [2.24, 2.45) is 0 Å². The van der Waals surface area contributed by atoms with Gasteiger partial charge in [0.2, 0.25) is 34.3 Å². The van der Waals surface area contributed by atoms with Crippen molar-refractivity contribution in [3.63, 3.8) is 0 Å². The van der Waals surface area contributed by atoms with Crippen LogP contribution in [0, 0.1) is 59.7 Å². The first-order valence-corrected chi connectivity index (χ1v) is 35.6. The minimum Gasteiger partial charge on any atom is -0.512 e. The van der Waals surface area contributed by atoms with E-state index in [9.17, 15) is 14.4 Å². The summed E-state index contributed by atoms with van der Waals surface area (Å²) in [5.41, 5.74) is 20.1. The van der Waals surface area contributed by atoms with Crippen LogP contribution in [0.4, 0.5) is 0 Å². The number of furan rings is 6. The molecule has 0 saturated heterocycles. The summed E-state index contributed by atoms with van der Waals surface area (Å²) in [4.78, 5) is 58.0. The predicted octanol–water partition coefficient (Wildman–Crippen LogP) is 23.7. The van der Waals surface area contributed by atoms with Gasteiger partial charge in [-0.15, -0.1) is 54.6 Å². The number of aromatic nitrogens is 6. The number of allylic oxidation sites excluding steroid dienone is 6. The van der Waals surface area contributed by atoms with Crippen LogP contribution in [0.3, 0.4) is 0 Å². The molecular formula is C93H75Ir3N6O12-3. The first-order chi connectivity index (χ1) is 53.4. The number of hydrogen-bond acceptors (Lipinski definition) is 18. The molecule has 0 aliphatic rings. The maximum Gasteiger partial charge on any atom is 0.217 e. The molecule has 0 amide bonds. The first-order valence-electron chi connectivity index (χ1n) is 35.6. The molecule has 18 nitrogen and oxygen atoms in total. The molecule has 0 atom stereocenters. The number of fused-ring (bicyclic) bond motifs is 12. The Labute approximate surface area is 696 Å². The maximum absolute atomic E-state index is 10.0. The van der Waals surface area contributed by atoms with Crippen LogP contribution < -0.4 is 0 Å². The van der Waals surface area contributed by atoms with Gasteiger partial charge in [0.05, 0.1) is 34.0 Å². The van der Waals surface area contributed by atoms with E-state index < -0.39 is 0 Å². The van der Waals surface area contributed by atoms with E-state index in [2.05, 4.69) is 102 Å². The van der Waals surface area contributed by atoms with E-state index in [1.54, 1.807) is 0 Å². The number of carbonyl (C=O) groups excluding carboxylic acids is 3. The van der Waals surface area contributed by atoms with Gasteiger partial charge in [0, 0.05) is 145 Å². The van der Waals surface area contributed by atoms with E-state index in [0.717, 1.165) is 150 Å². The van der Waals surface area contributed by atoms with Gasteiger partial charge < -0.3 is 41.8 Å². The van der Waals surface area contributed by atoms with Crippen molar-refractivity contribution in [2.45, 2.75) is 83.1 Å². The van der Waals surface area contributed by atoms with Crippen molar-refractivity contribution >= 4 is 117 Å². The first kappa shape index (κ1) is 84.3. The predicted molar refractivity (Wildman–Crippen MR) is 436 cm³/mol. The van der Waals surface area contributed by atoms with Crippen molar-refractivity contribution < 1.29 is 117 Å². The molecule has 0 fully saturated rings. The van der Waals surface area contributed by atoms with Crippen LogP contribution in [0.2, 0.25) is 0 Å². The SMILES string of the molecule is CC(=O)C=C(C)O.CC(=O)C=C(C)O.CC(=O)C=C(C)O.Cc1ccc(-c2cc3ccc(-c4[c-]ccc5c4oc4nc(C)ccc45)nc3o2)cc1.Cc1ccc2c(n1)oc1c(-c3ccc4cc(-c5c(C)cccc5C)oc4n3)[c-]ccc12.Cc1ccc2c(n1)oc1c(-c3ccc4cc(-c5ccccc5)oc4n3)[c-]ccc12.[Ir].[Ir].[Ir]. The molecule has 6 aromatic carbocycles. The van der Waals surface area contributed by atoms with Gasteiger partial charge in [-0.1, -0.05) is 148 Å². The summed E-state index contributed by atoms with van der Waals surface area (Å²) >= 11 is 0. The second kappa shape index (κ2) is 37.0. The Morgan fingerprint density at radius 1 is 0.325 bits per heavy atom. The van der Waals surface area contributed by atoms with E-state index in [-0.39, 0.29) is 94.9 Å². The molecule has 0 unspecified atom stereocenters. The minimum absolute atomic E-state index is 0. The molecule has 3 radical (unpaired) electrons. The van der Waals surface area contributed by atoms with Gasteiger partial charge in [-0.25, -0.2) is 15.0 Å². The number of carbonyl (C=O) groups is 3. The third-order valence-electron chi connectivity index (χ3n) is 17.6. The van der Waals surface area contributed by atoms with Crippen LogP contribution in [0.5, 0.6) is 0 Å². The fraction of sp³-hybridized carbons (Fsp3) is 0.129. The summed E-state index contributed by atoms with van der Waals surface area (Å²) < 4.78 is 36.6. The molecule has 114 heavy (non-hydrogen) atoms. The van der Waals surface area contributed by atoms with Gasteiger partial charge in [-0.3, -0.25) is 29.3 Å². The third kappa shape index (κ3) is 19.5. The molecule has 21 heteroatoms. The second-order valence-corrected chi connectivity index (χ2v) is 26.8. The summed E-state index contributed by atoms with van der Waals surface area (Å²) in [6.45, 7) is 20.7. The summed E-state index contributed by atoms with van der Waals surface area (Å²) in [6, 6.07) is 76.4. The molecule has 0 aliphatic carbocycles. The van der Waals surface area contributed by atoms with Crippen molar-refractivity contribution in [1.82, 2.24) is 29.9 Å². The number of aliphatic hydroxyl groups is 3. The minimum atomic E-state index is -0.125. The molecule has 0 spiro atoms. The smallest absolute Gasteiger partial charge is 0.217 e. The number of rotatable bonds is 9. The summed E-state index contributed by atoms with van der Waals surface area (Å²) in [5, 5.41) is 34.0. The molecule has 0 saturated carbocycles. The number of aryl methyl sites for hydroxylation is 6. The van der Waals surface area contributed by atoms with Crippen molar-refractivity contribution in [1.29, 1.82) is 0 Å². The third-order valence-corrected chi connectivity index (χ3v) is 17.6. The average molecular weight is 2050 g/mol. The van der Waals surface area contributed by atoms with Crippen LogP contribution in [0.1, 0.15) is 75.3 Å². The quantitative estimate of drug-likeness (QED) is 0.0688. The molecule has 12 heterocycles. The zero-order valence-corrected chi connectivity index (χ0v) is 71.2. The molecule has 0 bridgehead atoms. The standard InChI is InChI=1S/C27H19N2O2.C26H17N2O2.C25H15N2O2.3C5H8O2.3Ir/c1-15-6-4-7-16(2)24(15)23-14-18-11-13-22(29-26(18)30-23)21-9-5-8-19-20-12-10-17(3)28-27(20)31-25(19)21;1-15-6-9-17(10-7-15)23-14-18-11-13-22(28-25(18)29-23)21-5-3-4-19-20-12-8-16(2)27-26(20)30-24(19)21;1-15-10-12-19-18-8-5-9-20(23(18)29-25(19)26-15)21-13-11-17-14-22(28-24(17)27-21)16-6-3-2-4-7-16;3*1-4(6)3-5(2)7;;;/h4-8,10-14H,1-3H3;3-4,6-14H,1-2H3;2-8,10-14H,1H3;3*3,6H,1-2H3;;;/q3*-1;;;;;;. The van der Waals surface area contributed by atoms with E-state index in [0.29, 0.717) is 34.3 Å². The molecular weight excluding hydrogens is 1970 g/mol. The largest absolute Gasteiger partial charge is 0.512 e. The van der Waals surface area contributed by atoms with Crippen molar-refractivity contribution in [3.8, 4) is 67.7 Å². The number of pyridine rings is 6. The number of nitrogens with zero attached hydrogens (tertiary/aromatic N) is 6. The van der Waals surface area contributed by atoms with Gasteiger partial charge >= 0.3 is 0 Å². The normalized spacial score (nSPS) is 11.3. The summed E-state index contributed by atoms with van der Waals surface area (Å²) in [6.07, 6.45) is 3.50. The molecule has 18 aromatic rings. The Balaban J connectivity index is 0.000000159. The average Bonchev–Trinajstić information content (AvgIpc) is 1.62. The monoisotopic (exact) mass is 2050 g/mol. The van der Waals surface area contributed by atoms with Gasteiger partial charge in [0.1, 0.15) is 17.3 Å². The van der Waals surface area contributed by atoms with E-state index in [1.165, 1.54) is 76.5 Å². The summed E-state index contributed by atoms with van der Waals surface area (Å²) in [7, 11) is 0. The fourth-order valence-corrected chi connectivity index (χ4v) is 12.7. The second-order valence-electron chi connectivity index (χ2n) is 26.8. The van der Waals surface area contributed by atoms with Crippen LogP contribution >= 0.6 is 0 Å². The van der Waals surface area contributed by atoms with E-state index in [1.807, 2.05) is 172 Å². The van der Waals surface area contributed by atoms with Crippen molar-refractivity contribution in [2.75, 3.05) is 0 Å². The molecule has 0 aliphatic heterocycles. The van der Waals surface area contributed by atoms with E-state index >= 15 is 0 Å². The number of ketones is 3. The van der Waals surface area contributed by atoms with Gasteiger partial charge in [0.15, 0.2) is 17.3 Å². The number of benzene rings is 6. The Kier molecular flexibility index (Phi) is 27.3. The van der Waals surface area contributed by atoms with Gasteiger partial charge in [-0.2, -0.15) is 0 Å². The topological polar surface area (TPSA) is 268 Å².